The Bertz CT molecular complexity index is 3070. The van der Waals surface area contributed by atoms with Gasteiger partial charge < -0.3 is 41.4 Å². The molecule has 0 bridgehead atoms. The second-order valence-electron chi connectivity index (χ2n) is 23.7. The molecule has 4 aromatic carbocycles. The largest absolute Gasteiger partial charge is 0.457 e. The SMILES string of the molecule is C=CN=C(C)/C(C(=N)c1ccc(Oc2ccccc2)cc1)=C(\C)N.CCC.CCC.C[C@@H]1CCCN(C(=O)/C=C/CN(C)C2CCCCC2)C1.N=C(c1ccc(Oc2ccccc2)cc1)c1c(N)ncnc1N[C@@H]1CCN(C(=O)/C=C/CNC2CCCCC2)C1. The van der Waals surface area contributed by atoms with Crippen LogP contribution in [-0.4, -0.2) is 118 Å². The van der Waals surface area contributed by atoms with E-state index in [0.717, 1.165) is 62.1 Å². The molecule has 2 saturated heterocycles. The minimum absolute atomic E-state index is 0.000197. The number of hydrogen-bond donors (Lipinski definition) is 6. The van der Waals surface area contributed by atoms with Gasteiger partial charge in [0.05, 0.1) is 17.0 Å². The van der Waals surface area contributed by atoms with Gasteiger partial charge in [0, 0.05) is 104 Å². The third kappa shape index (κ3) is 25.0. The maximum Gasteiger partial charge on any atom is 0.246 e. The van der Waals surface area contributed by atoms with Gasteiger partial charge in [-0.1, -0.05) is 141 Å². The maximum atomic E-state index is 12.7. The Morgan fingerprint density at radius 2 is 1.20 bits per heavy atom. The van der Waals surface area contributed by atoms with Gasteiger partial charge in [-0.3, -0.25) is 30.3 Å². The monoisotopic (exact) mass is 1220 g/mol. The number of nitrogens with two attached hydrogens (primary N) is 2. The Kier molecular flexibility index (Phi) is 32.6. The number of nitrogens with one attached hydrogen (secondary N) is 4. The second-order valence-corrected chi connectivity index (χ2v) is 23.7. The van der Waals surface area contributed by atoms with Crippen LogP contribution in [-0.2, 0) is 9.59 Å². The summed E-state index contributed by atoms with van der Waals surface area (Å²) in [4.78, 5) is 43.8. The lowest BCUT2D eigenvalue weighted by atomic mass is 9.94. The summed E-state index contributed by atoms with van der Waals surface area (Å²) in [5, 5.41) is 24.2. The molecule has 16 heteroatoms. The number of hydrogen-bond acceptors (Lipinski definition) is 14. The highest BCUT2D eigenvalue weighted by atomic mass is 16.5. The number of benzene rings is 4. The van der Waals surface area contributed by atoms with Gasteiger partial charge in [0.25, 0.3) is 0 Å². The molecule has 4 fully saturated rings. The van der Waals surface area contributed by atoms with E-state index in [-0.39, 0.29) is 29.4 Å². The van der Waals surface area contributed by atoms with E-state index in [1.54, 1.807) is 19.1 Å². The van der Waals surface area contributed by atoms with Crippen molar-refractivity contribution in [3.05, 3.63) is 181 Å². The molecular weight excluding hydrogens is 1120 g/mol. The number of amides is 2. The average Bonchev–Trinajstić information content (AvgIpc) is 2.99. The fourth-order valence-electron chi connectivity index (χ4n) is 11.1. The number of likely N-dealkylation sites (tertiary alicyclic amines) is 2. The average molecular weight is 1230 g/mol. The molecule has 1 aromatic heterocycles. The molecule has 0 radical (unpaired) electrons. The van der Waals surface area contributed by atoms with E-state index in [4.69, 9.17) is 31.8 Å². The number of carbonyl (C=O) groups is 2. The summed E-state index contributed by atoms with van der Waals surface area (Å²) in [5.41, 5.74) is 16.4. The first-order chi connectivity index (χ1) is 43.6. The number of nitrogens with zero attached hydrogens (tertiary/aromatic N) is 6. The van der Waals surface area contributed by atoms with Gasteiger partial charge in [-0.05, 0) is 145 Å². The Hall–Kier alpha value is -8.21. The normalized spacial score (nSPS) is 17.2. The van der Waals surface area contributed by atoms with Crippen molar-refractivity contribution in [1.29, 1.82) is 10.8 Å². The molecule has 90 heavy (non-hydrogen) atoms. The lowest BCUT2D eigenvalue weighted by Crippen LogP contribution is -2.38. The first-order valence-corrected chi connectivity index (χ1v) is 32.8. The maximum absolute atomic E-state index is 12.7. The molecule has 0 spiro atoms. The molecule has 0 unspecified atom stereocenters. The van der Waals surface area contributed by atoms with Gasteiger partial charge in [-0.15, -0.1) is 0 Å². The summed E-state index contributed by atoms with van der Waals surface area (Å²) < 4.78 is 11.6. The molecule has 484 valence electrons. The highest BCUT2D eigenvalue weighted by Gasteiger charge is 2.28. The molecule has 2 atom stereocenters. The Balaban J connectivity index is 0.000000251. The van der Waals surface area contributed by atoms with Crippen LogP contribution in [0.3, 0.4) is 0 Å². The smallest absolute Gasteiger partial charge is 0.246 e. The molecule has 9 rings (SSSR count). The van der Waals surface area contributed by atoms with Gasteiger partial charge in [-0.25, -0.2) is 9.97 Å². The number of likely N-dealkylation sites (N-methyl/N-ethyl adjacent to an activating group) is 1. The minimum Gasteiger partial charge on any atom is -0.457 e. The van der Waals surface area contributed by atoms with Gasteiger partial charge in [0.1, 0.15) is 41.0 Å². The van der Waals surface area contributed by atoms with Crippen LogP contribution in [0.15, 0.2) is 169 Å². The number of aliphatic imine (C=N–C) groups is 1. The lowest BCUT2D eigenvalue weighted by Gasteiger charge is -2.31. The Morgan fingerprint density at radius 3 is 1.74 bits per heavy atom. The zero-order valence-corrected chi connectivity index (χ0v) is 55.2. The fourth-order valence-corrected chi connectivity index (χ4v) is 11.1. The Labute approximate surface area is 538 Å². The summed E-state index contributed by atoms with van der Waals surface area (Å²) in [6.45, 7) is 22.6. The number of rotatable bonds is 20. The Morgan fingerprint density at radius 1 is 0.678 bits per heavy atom. The highest BCUT2D eigenvalue weighted by molar-refractivity contribution is 6.29. The lowest BCUT2D eigenvalue weighted by molar-refractivity contribution is -0.127. The third-order valence-corrected chi connectivity index (χ3v) is 15.7. The van der Waals surface area contributed by atoms with Gasteiger partial charge >= 0.3 is 0 Å². The summed E-state index contributed by atoms with van der Waals surface area (Å²) in [5.74, 6) is 4.50. The number of piperidine rings is 1. The van der Waals surface area contributed by atoms with Crippen molar-refractivity contribution in [1.82, 2.24) is 30.0 Å². The first-order valence-electron chi connectivity index (χ1n) is 32.8. The molecule has 2 aliphatic heterocycles. The molecule has 3 heterocycles. The standard InChI is InChI=1S/C31H37N7O2.C20H21N3O.C17H30N2O.2C3H8/c32-29(22-13-15-26(16-14-22)40-25-10-5-2-6-11-25)28-30(33)35-21-36-31(28)37-24-17-19-38(20-24)27(39)12-7-18-34-23-8-3-1-4-9-23;1-4-23-15(3)19(14(2)21)20(22)16-10-12-18(13-11-16)24-17-8-6-5-7-9-17;1-15-8-6-13-19(14-15)17(20)11-7-12-18(2)16-9-4-3-5-10-16;2*1-3-2/h2,5-7,10-16,21,23-24,32,34H,1,3-4,8-9,17-20H2,(H3,33,35,36,37);4-13,22H,1,21H2,2-3H3;7,11,15-16H,3-6,8-10,12-14H2,1-2H3;2*3H2,1-2H3/b12-7+,32-29?;19-14-,22-20?,23-15?;11-7+;;/t24-;;15-;;/m1.1../s1. The van der Waals surface area contributed by atoms with Crippen molar-refractivity contribution in [3.63, 3.8) is 0 Å². The third-order valence-electron chi connectivity index (χ3n) is 15.7. The van der Waals surface area contributed by atoms with Crippen molar-refractivity contribution >= 4 is 40.6 Å². The van der Waals surface area contributed by atoms with E-state index in [1.165, 1.54) is 96.0 Å². The molecule has 8 N–H and O–H groups in total. The van der Waals surface area contributed by atoms with Crippen LogP contribution in [0.25, 0.3) is 0 Å². The van der Waals surface area contributed by atoms with Crippen molar-refractivity contribution in [3.8, 4) is 23.0 Å². The summed E-state index contributed by atoms with van der Waals surface area (Å²) in [6, 6.07) is 35.0. The highest BCUT2D eigenvalue weighted by Crippen LogP contribution is 2.28. The van der Waals surface area contributed by atoms with Crippen LogP contribution in [0.1, 0.15) is 161 Å². The molecule has 2 aliphatic carbocycles. The molecular formula is C74H104N12O4. The minimum atomic E-state index is 0.000197. The summed E-state index contributed by atoms with van der Waals surface area (Å²) >= 11 is 0. The van der Waals surface area contributed by atoms with E-state index in [1.807, 2.05) is 132 Å². The number of ether oxygens (including phenoxy) is 2. The van der Waals surface area contributed by atoms with Gasteiger partial charge in [0.2, 0.25) is 11.8 Å². The predicted molar refractivity (Wildman–Crippen MR) is 373 cm³/mol. The molecule has 2 amide bonds. The van der Waals surface area contributed by atoms with Gasteiger partial charge in [-0.2, -0.15) is 0 Å². The van der Waals surface area contributed by atoms with Crippen LogP contribution in [0.5, 0.6) is 23.0 Å². The van der Waals surface area contributed by atoms with Crippen molar-refractivity contribution in [2.45, 2.75) is 163 Å². The molecule has 2 saturated carbocycles. The van der Waals surface area contributed by atoms with E-state index in [2.05, 4.69) is 84.8 Å². The quantitative estimate of drug-likeness (QED) is 0.0317. The van der Waals surface area contributed by atoms with Crippen molar-refractivity contribution in [2.75, 3.05) is 57.4 Å². The number of para-hydroxylation sites is 2. The van der Waals surface area contributed by atoms with Gasteiger partial charge in [0.15, 0.2) is 0 Å². The zero-order valence-electron chi connectivity index (χ0n) is 55.2. The van der Waals surface area contributed by atoms with Crippen molar-refractivity contribution < 1.29 is 19.1 Å². The number of carbonyl (C=O) groups excluding carboxylic acids is 2. The fraction of sp³-hybridized carbons (Fsp3) is 0.446. The number of anilines is 2. The zero-order chi connectivity index (χ0) is 65.0. The van der Waals surface area contributed by atoms with E-state index in [9.17, 15) is 9.59 Å². The topological polar surface area (TPSA) is 224 Å². The van der Waals surface area contributed by atoms with Crippen LogP contribution < -0.4 is 31.6 Å². The molecule has 16 nitrogen and oxygen atoms in total. The summed E-state index contributed by atoms with van der Waals surface area (Å²) in [6.07, 6.45) is 29.1. The van der Waals surface area contributed by atoms with Crippen LogP contribution >= 0.6 is 0 Å². The van der Waals surface area contributed by atoms with E-state index in [0.29, 0.717) is 76.2 Å². The van der Waals surface area contributed by atoms with Crippen LogP contribution in [0.4, 0.5) is 11.6 Å². The number of aromatic nitrogens is 2. The van der Waals surface area contributed by atoms with E-state index >= 15 is 0 Å². The van der Waals surface area contributed by atoms with Crippen LogP contribution in [0, 0.1) is 16.7 Å². The number of nitrogen functional groups attached to an aromatic ring is 1. The predicted octanol–water partition coefficient (Wildman–Crippen LogP) is 15.3. The molecule has 5 aromatic rings. The summed E-state index contributed by atoms with van der Waals surface area (Å²) in [7, 11) is 2.19. The number of allylic oxidation sites excluding steroid dienone is 2. The van der Waals surface area contributed by atoms with Crippen molar-refractivity contribution in [2.24, 2.45) is 16.6 Å². The second kappa shape index (κ2) is 40.4. The molecule has 4 aliphatic rings. The van der Waals surface area contributed by atoms with E-state index < -0.39 is 0 Å². The van der Waals surface area contributed by atoms with Crippen LogP contribution in [0.2, 0.25) is 0 Å². The first kappa shape index (κ1) is 72.5.